The Labute approximate surface area is 101 Å². The second-order valence-electron chi connectivity index (χ2n) is 3.49. The number of aliphatic hydroxyl groups is 1. The summed E-state index contributed by atoms with van der Waals surface area (Å²) in [6.07, 6.45) is 2.38. The molecule has 0 bridgehead atoms. The number of hydrogen-bond donors (Lipinski definition) is 1. The third-order valence-electron chi connectivity index (χ3n) is 2.32. The number of aliphatic hydroxyl groups excluding tert-OH is 1. The van der Waals surface area contributed by atoms with Crippen LogP contribution in [0.5, 0.6) is 0 Å². The molecule has 1 aromatic carbocycles. The molecule has 16 heavy (non-hydrogen) atoms. The zero-order chi connectivity index (χ0) is 11.7. The van der Waals surface area contributed by atoms with Crippen LogP contribution in [0, 0.1) is 5.82 Å². The molecule has 0 saturated carbocycles. The van der Waals surface area contributed by atoms with E-state index in [9.17, 15) is 9.50 Å². The summed E-state index contributed by atoms with van der Waals surface area (Å²) in [4.78, 5) is 0. The Morgan fingerprint density at radius 3 is 2.88 bits per heavy atom. The van der Waals surface area contributed by atoms with Crippen LogP contribution in [0.3, 0.4) is 0 Å². The first-order valence-electron chi connectivity index (χ1n) is 4.70. The summed E-state index contributed by atoms with van der Waals surface area (Å²) < 4.78 is 15.2. The predicted molar refractivity (Wildman–Crippen MR) is 61.4 cm³/mol. The van der Waals surface area contributed by atoms with Crippen LogP contribution >= 0.6 is 15.9 Å². The Morgan fingerprint density at radius 2 is 2.25 bits per heavy atom. The van der Waals surface area contributed by atoms with Crippen molar-refractivity contribution in [1.29, 1.82) is 0 Å². The monoisotopic (exact) mass is 284 g/mol. The average Bonchev–Trinajstić information content (AvgIpc) is 2.68. The lowest BCUT2D eigenvalue weighted by Crippen LogP contribution is -2.00. The molecule has 2 rings (SSSR count). The van der Waals surface area contributed by atoms with Gasteiger partial charge in [0.05, 0.1) is 10.7 Å². The average molecular weight is 285 g/mol. The molecule has 0 radical (unpaired) electrons. The van der Waals surface area contributed by atoms with Crippen LogP contribution in [0.4, 0.5) is 4.39 Å². The third kappa shape index (κ3) is 2.01. The van der Waals surface area contributed by atoms with Crippen molar-refractivity contribution in [3.8, 4) is 0 Å². The first kappa shape index (κ1) is 11.3. The van der Waals surface area contributed by atoms with E-state index < -0.39 is 6.10 Å². The molecule has 0 amide bonds. The van der Waals surface area contributed by atoms with Gasteiger partial charge in [-0.05, 0) is 22.0 Å². The van der Waals surface area contributed by atoms with Gasteiger partial charge in [-0.2, -0.15) is 5.10 Å². The van der Waals surface area contributed by atoms with Crippen LogP contribution in [-0.2, 0) is 7.05 Å². The zero-order valence-corrected chi connectivity index (χ0v) is 10.1. The topological polar surface area (TPSA) is 38.0 Å². The first-order valence-corrected chi connectivity index (χ1v) is 5.49. The summed E-state index contributed by atoms with van der Waals surface area (Å²) in [5, 5.41) is 14.0. The van der Waals surface area contributed by atoms with E-state index in [-0.39, 0.29) is 10.3 Å². The quantitative estimate of drug-likeness (QED) is 0.920. The van der Waals surface area contributed by atoms with E-state index >= 15 is 0 Å². The molecular formula is C11H10BrFN2O. The molecule has 84 valence electrons. The van der Waals surface area contributed by atoms with Gasteiger partial charge in [0.1, 0.15) is 11.9 Å². The molecule has 5 heteroatoms. The Morgan fingerprint density at radius 1 is 1.50 bits per heavy atom. The Balaban J connectivity index is 2.41. The van der Waals surface area contributed by atoms with E-state index in [4.69, 9.17) is 0 Å². The van der Waals surface area contributed by atoms with E-state index in [2.05, 4.69) is 21.0 Å². The van der Waals surface area contributed by atoms with Gasteiger partial charge in [0.2, 0.25) is 0 Å². The molecule has 1 atom stereocenters. The van der Waals surface area contributed by atoms with Crippen LogP contribution < -0.4 is 0 Å². The highest BCUT2D eigenvalue weighted by Gasteiger charge is 2.16. The molecule has 2 aromatic rings. The lowest BCUT2D eigenvalue weighted by molar-refractivity contribution is 0.219. The first-order chi connectivity index (χ1) is 7.59. The molecular weight excluding hydrogens is 275 g/mol. The molecule has 1 heterocycles. The Kier molecular flexibility index (Phi) is 3.07. The van der Waals surface area contributed by atoms with Crippen molar-refractivity contribution in [1.82, 2.24) is 9.78 Å². The third-order valence-corrected chi connectivity index (χ3v) is 3.15. The maximum Gasteiger partial charge on any atom is 0.137 e. The minimum atomic E-state index is -0.876. The molecule has 0 saturated heterocycles. The molecule has 0 aliphatic heterocycles. The molecule has 3 nitrogen and oxygen atoms in total. The lowest BCUT2D eigenvalue weighted by Gasteiger charge is -2.11. The van der Waals surface area contributed by atoms with Crippen LogP contribution in [0.25, 0.3) is 0 Å². The largest absolute Gasteiger partial charge is 0.383 e. The fourth-order valence-corrected chi connectivity index (χ4v) is 1.97. The number of aryl methyl sites for hydroxylation is 1. The minimum Gasteiger partial charge on any atom is -0.383 e. The van der Waals surface area contributed by atoms with E-state index in [1.165, 1.54) is 6.07 Å². The second kappa shape index (κ2) is 4.35. The fourth-order valence-electron chi connectivity index (χ4n) is 1.49. The molecule has 1 unspecified atom stereocenters. The van der Waals surface area contributed by atoms with Gasteiger partial charge in [0, 0.05) is 24.4 Å². The molecule has 0 spiro atoms. The maximum atomic E-state index is 13.3. The summed E-state index contributed by atoms with van der Waals surface area (Å²) in [5.41, 5.74) is 1.13. The van der Waals surface area contributed by atoms with Crippen molar-refractivity contribution in [3.05, 3.63) is 52.0 Å². The highest BCUT2D eigenvalue weighted by atomic mass is 79.9. The van der Waals surface area contributed by atoms with Crippen LogP contribution in [0.15, 0.2) is 35.1 Å². The van der Waals surface area contributed by atoms with E-state index in [0.29, 0.717) is 11.1 Å². The molecule has 0 fully saturated rings. The van der Waals surface area contributed by atoms with Gasteiger partial charge in [-0.1, -0.05) is 12.1 Å². The highest BCUT2D eigenvalue weighted by Crippen LogP contribution is 2.29. The van der Waals surface area contributed by atoms with Gasteiger partial charge in [0.15, 0.2) is 0 Å². The molecule has 1 aromatic heterocycles. The summed E-state index contributed by atoms with van der Waals surface area (Å²) in [6.45, 7) is 0. The zero-order valence-electron chi connectivity index (χ0n) is 8.56. The number of aromatic nitrogens is 2. The number of nitrogens with zero attached hydrogens (tertiary/aromatic N) is 2. The Hall–Kier alpha value is -1.20. The maximum absolute atomic E-state index is 13.3. The summed E-state index contributed by atoms with van der Waals surface area (Å²) in [7, 11) is 1.76. The molecule has 1 N–H and O–H groups in total. The Bertz CT molecular complexity index is 512. The van der Waals surface area contributed by atoms with Crippen LogP contribution in [-0.4, -0.2) is 14.9 Å². The van der Waals surface area contributed by atoms with Crippen molar-refractivity contribution in [2.75, 3.05) is 0 Å². The van der Waals surface area contributed by atoms with Gasteiger partial charge in [0.25, 0.3) is 0 Å². The number of rotatable bonds is 2. The lowest BCUT2D eigenvalue weighted by atomic mass is 10.0. The van der Waals surface area contributed by atoms with Crippen molar-refractivity contribution < 1.29 is 9.50 Å². The predicted octanol–water partition coefficient (Wildman–Crippen LogP) is 2.40. The standard InChI is InChI=1S/C11H10BrFN2O/c1-15-6-7(5-14-15)11(16)8-3-2-4-9(13)10(8)12/h2-6,11,16H,1H3. The van der Waals surface area contributed by atoms with Gasteiger partial charge < -0.3 is 5.11 Å². The van der Waals surface area contributed by atoms with E-state index in [1.807, 2.05) is 0 Å². The second-order valence-corrected chi connectivity index (χ2v) is 4.29. The fraction of sp³-hybridized carbons (Fsp3) is 0.182. The van der Waals surface area contributed by atoms with E-state index in [0.717, 1.165) is 0 Å². The van der Waals surface area contributed by atoms with E-state index in [1.54, 1.807) is 36.3 Å². The van der Waals surface area contributed by atoms with Crippen molar-refractivity contribution >= 4 is 15.9 Å². The van der Waals surface area contributed by atoms with Crippen LogP contribution in [0.1, 0.15) is 17.2 Å². The smallest absolute Gasteiger partial charge is 0.137 e. The van der Waals surface area contributed by atoms with Crippen molar-refractivity contribution in [2.24, 2.45) is 7.05 Å². The summed E-state index contributed by atoms with van der Waals surface area (Å²) in [6, 6.07) is 4.57. The number of hydrogen-bond acceptors (Lipinski definition) is 2. The van der Waals surface area contributed by atoms with Crippen LogP contribution in [0.2, 0.25) is 0 Å². The summed E-state index contributed by atoms with van der Waals surface area (Å²) >= 11 is 3.12. The van der Waals surface area contributed by atoms with Gasteiger partial charge in [-0.3, -0.25) is 4.68 Å². The van der Waals surface area contributed by atoms with Gasteiger partial charge >= 0.3 is 0 Å². The van der Waals surface area contributed by atoms with Crippen molar-refractivity contribution in [3.63, 3.8) is 0 Å². The number of benzene rings is 1. The molecule has 0 aliphatic rings. The molecule has 0 aliphatic carbocycles. The minimum absolute atomic E-state index is 0.284. The summed E-state index contributed by atoms with van der Waals surface area (Å²) in [5.74, 6) is -0.388. The number of halogens is 2. The van der Waals surface area contributed by atoms with Crippen molar-refractivity contribution in [2.45, 2.75) is 6.10 Å². The van der Waals surface area contributed by atoms with Gasteiger partial charge in [-0.25, -0.2) is 4.39 Å². The SMILES string of the molecule is Cn1cc(C(O)c2cccc(F)c2Br)cn1. The van der Waals surface area contributed by atoms with Gasteiger partial charge in [-0.15, -0.1) is 0 Å². The normalized spacial score (nSPS) is 12.8. The highest BCUT2D eigenvalue weighted by molar-refractivity contribution is 9.10.